The SMILES string of the molecule is CC1=C(C)C2C=CC(=NC(=O)c3ccc(Cn4ccnc4)cc3)C=C2NC1=O. The van der Waals surface area contributed by atoms with Gasteiger partial charge in [-0.1, -0.05) is 23.8 Å². The van der Waals surface area contributed by atoms with E-state index in [0.29, 0.717) is 17.8 Å². The van der Waals surface area contributed by atoms with Crippen LogP contribution in [0.15, 0.2) is 83.1 Å². The quantitative estimate of drug-likeness (QED) is 0.900. The van der Waals surface area contributed by atoms with Gasteiger partial charge in [-0.25, -0.2) is 9.98 Å². The fraction of sp³-hybridized carbons (Fsp3) is 0.182. The number of hydrogen-bond donors (Lipinski definition) is 1. The number of carbonyl (C=O) groups is 2. The number of allylic oxidation sites excluding steroid dienone is 3. The summed E-state index contributed by atoms with van der Waals surface area (Å²) in [6.45, 7) is 4.47. The summed E-state index contributed by atoms with van der Waals surface area (Å²) < 4.78 is 1.96. The smallest absolute Gasteiger partial charge is 0.277 e. The Morgan fingerprint density at radius 3 is 2.75 bits per heavy atom. The van der Waals surface area contributed by atoms with Gasteiger partial charge in [0.05, 0.1) is 12.0 Å². The summed E-state index contributed by atoms with van der Waals surface area (Å²) in [6, 6.07) is 7.38. The molecule has 1 aromatic carbocycles. The molecule has 2 heterocycles. The van der Waals surface area contributed by atoms with Crippen LogP contribution in [0, 0.1) is 5.92 Å². The van der Waals surface area contributed by atoms with Crippen molar-refractivity contribution in [2.75, 3.05) is 0 Å². The van der Waals surface area contributed by atoms with Gasteiger partial charge in [0, 0.05) is 41.7 Å². The van der Waals surface area contributed by atoms with E-state index in [1.807, 2.05) is 48.9 Å². The number of benzene rings is 1. The van der Waals surface area contributed by atoms with Crippen LogP contribution in [0.2, 0.25) is 0 Å². The van der Waals surface area contributed by atoms with E-state index in [-0.39, 0.29) is 17.7 Å². The lowest BCUT2D eigenvalue weighted by molar-refractivity contribution is -0.117. The van der Waals surface area contributed by atoms with Crippen LogP contribution in [-0.2, 0) is 11.3 Å². The zero-order valence-electron chi connectivity index (χ0n) is 15.7. The van der Waals surface area contributed by atoms with Crippen LogP contribution in [0.1, 0.15) is 29.8 Å². The number of hydrogen-bond acceptors (Lipinski definition) is 3. The third-order valence-electron chi connectivity index (χ3n) is 5.11. The minimum Gasteiger partial charge on any atom is -0.333 e. The summed E-state index contributed by atoms with van der Waals surface area (Å²) >= 11 is 0. The fourth-order valence-electron chi connectivity index (χ4n) is 3.32. The molecule has 28 heavy (non-hydrogen) atoms. The molecule has 1 N–H and O–H groups in total. The second-order valence-electron chi connectivity index (χ2n) is 6.97. The van der Waals surface area contributed by atoms with Gasteiger partial charge in [-0.15, -0.1) is 0 Å². The predicted molar refractivity (Wildman–Crippen MR) is 107 cm³/mol. The van der Waals surface area contributed by atoms with Crippen molar-refractivity contribution < 1.29 is 9.59 Å². The Kier molecular flexibility index (Phi) is 4.61. The Bertz CT molecular complexity index is 1050. The lowest BCUT2D eigenvalue weighted by Crippen LogP contribution is -2.35. The van der Waals surface area contributed by atoms with Crippen LogP contribution in [-0.4, -0.2) is 27.1 Å². The largest absolute Gasteiger partial charge is 0.333 e. The minimum atomic E-state index is -0.310. The Morgan fingerprint density at radius 2 is 2.04 bits per heavy atom. The van der Waals surface area contributed by atoms with Crippen molar-refractivity contribution >= 4 is 17.5 Å². The average Bonchev–Trinajstić information content (AvgIpc) is 3.19. The van der Waals surface area contributed by atoms with E-state index in [1.54, 1.807) is 30.7 Å². The summed E-state index contributed by atoms with van der Waals surface area (Å²) in [5.41, 5.74) is 4.65. The topological polar surface area (TPSA) is 76.3 Å². The van der Waals surface area contributed by atoms with Crippen LogP contribution in [0.5, 0.6) is 0 Å². The van der Waals surface area contributed by atoms with Crippen molar-refractivity contribution in [1.29, 1.82) is 0 Å². The van der Waals surface area contributed by atoms with Gasteiger partial charge in [-0.05, 0) is 43.7 Å². The van der Waals surface area contributed by atoms with Crippen LogP contribution >= 0.6 is 0 Å². The van der Waals surface area contributed by atoms with Crippen molar-refractivity contribution in [3.05, 3.63) is 89.2 Å². The number of rotatable bonds is 3. The molecule has 2 aromatic rings. The van der Waals surface area contributed by atoms with Gasteiger partial charge in [-0.2, -0.15) is 0 Å². The monoisotopic (exact) mass is 372 g/mol. The molecule has 0 spiro atoms. The van der Waals surface area contributed by atoms with Crippen LogP contribution in [0.3, 0.4) is 0 Å². The molecule has 0 saturated carbocycles. The highest BCUT2D eigenvalue weighted by molar-refractivity contribution is 6.14. The predicted octanol–water partition coefficient (Wildman–Crippen LogP) is 3.05. The van der Waals surface area contributed by atoms with E-state index in [1.165, 1.54) is 0 Å². The minimum absolute atomic E-state index is 0.0363. The van der Waals surface area contributed by atoms with E-state index in [9.17, 15) is 9.59 Å². The van der Waals surface area contributed by atoms with E-state index in [2.05, 4.69) is 15.3 Å². The molecule has 1 aliphatic carbocycles. The first-order chi connectivity index (χ1) is 13.5. The number of nitrogens with one attached hydrogen (secondary N) is 1. The highest BCUT2D eigenvalue weighted by Gasteiger charge is 2.27. The number of aromatic nitrogens is 2. The molecule has 6 nitrogen and oxygen atoms in total. The Labute approximate surface area is 163 Å². The highest BCUT2D eigenvalue weighted by atomic mass is 16.2. The van der Waals surface area contributed by atoms with Gasteiger partial charge in [-0.3, -0.25) is 9.59 Å². The molecular weight excluding hydrogens is 352 g/mol. The molecule has 1 unspecified atom stereocenters. The number of amides is 2. The van der Waals surface area contributed by atoms with Gasteiger partial charge in [0.25, 0.3) is 11.8 Å². The molecule has 0 saturated heterocycles. The molecule has 140 valence electrons. The zero-order chi connectivity index (χ0) is 19.7. The molecule has 1 aliphatic heterocycles. The highest BCUT2D eigenvalue weighted by Crippen LogP contribution is 2.29. The number of aliphatic imine (C=N–C) groups is 1. The molecule has 2 aliphatic rings. The summed E-state index contributed by atoms with van der Waals surface area (Å²) in [4.78, 5) is 32.8. The van der Waals surface area contributed by atoms with E-state index < -0.39 is 0 Å². The third-order valence-corrected chi connectivity index (χ3v) is 5.11. The molecule has 1 aromatic heterocycles. The van der Waals surface area contributed by atoms with Crippen molar-refractivity contribution in [3.8, 4) is 0 Å². The first-order valence-corrected chi connectivity index (χ1v) is 9.07. The van der Waals surface area contributed by atoms with Crippen molar-refractivity contribution in [2.24, 2.45) is 10.9 Å². The molecule has 1 atom stereocenters. The number of imidazole rings is 1. The molecule has 0 radical (unpaired) electrons. The Balaban J connectivity index is 1.50. The fourth-order valence-corrected chi connectivity index (χ4v) is 3.32. The second-order valence-corrected chi connectivity index (χ2v) is 6.97. The number of carbonyl (C=O) groups excluding carboxylic acids is 2. The van der Waals surface area contributed by atoms with Gasteiger partial charge in [0.2, 0.25) is 0 Å². The van der Waals surface area contributed by atoms with Gasteiger partial charge < -0.3 is 9.88 Å². The van der Waals surface area contributed by atoms with Crippen LogP contribution in [0.25, 0.3) is 0 Å². The van der Waals surface area contributed by atoms with Crippen molar-refractivity contribution in [1.82, 2.24) is 14.9 Å². The van der Waals surface area contributed by atoms with Crippen LogP contribution < -0.4 is 5.32 Å². The Hall–Kier alpha value is -3.54. The molecule has 2 amide bonds. The number of nitrogens with zero attached hydrogens (tertiary/aromatic N) is 3. The molecule has 0 bridgehead atoms. The lowest BCUT2D eigenvalue weighted by Gasteiger charge is -2.28. The number of fused-ring (bicyclic) bond motifs is 1. The Morgan fingerprint density at radius 1 is 1.25 bits per heavy atom. The maximum Gasteiger partial charge on any atom is 0.277 e. The van der Waals surface area contributed by atoms with E-state index >= 15 is 0 Å². The van der Waals surface area contributed by atoms with Gasteiger partial charge in [0.15, 0.2) is 0 Å². The average molecular weight is 372 g/mol. The summed E-state index contributed by atoms with van der Waals surface area (Å²) in [7, 11) is 0. The summed E-state index contributed by atoms with van der Waals surface area (Å²) in [6.07, 6.45) is 10.9. The first-order valence-electron chi connectivity index (χ1n) is 9.07. The second kappa shape index (κ2) is 7.23. The molecule has 4 rings (SSSR count). The van der Waals surface area contributed by atoms with E-state index in [0.717, 1.165) is 22.4 Å². The maximum atomic E-state index is 12.5. The van der Waals surface area contributed by atoms with Gasteiger partial charge >= 0.3 is 0 Å². The molecule has 6 heteroatoms. The molecular formula is C22H20N4O2. The van der Waals surface area contributed by atoms with Crippen LogP contribution in [0.4, 0.5) is 0 Å². The maximum absolute atomic E-state index is 12.5. The molecule has 0 fully saturated rings. The summed E-state index contributed by atoms with van der Waals surface area (Å²) in [5.74, 6) is -0.376. The lowest BCUT2D eigenvalue weighted by atomic mass is 9.85. The van der Waals surface area contributed by atoms with Crippen molar-refractivity contribution in [3.63, 3.8) is 0 Å². The third kappa shape index (κ3) is 3.49. The standard InChI is InChI=1S/C22H20N4O2/c1-14-15(2)21(27)25-20-11-18(7-8-19(14)20)24-22(28)17-5-3-16(4-6-17)12-26-10-9-23-13-26/h3-11,13,19H,12H2,1-2H3,(H,25,27). The first kappa shape index (κ1) is 17.9. The normalized spacial score (nSPS) is 20.1. The van der Waals surface area contributed by atoms with Crippen molar-refractivity contribution in [2.45, 2.75) is 20.4 Å². The van der Waals surface area contributed by atoms with E-state index in [4.69, 9.17) is 0 Å². The zero-order valence-corrected chi connectivity index (χ0v) is 15.7. The summed E-state index contributed by atoms with van der Waals surface area (Å²) in [5, 5.41) is 2.88. The van der Waals surface area contributed by atoms with Gasteiger partial charge in [0.1, 0.15) is 0 Å².